The summed E-state index contributed by atoms with van der Waals surface area (Å²) in [6.07, 6.45) is 3.16. The van der Waals surface area contributed by atoms with E-state index in [4.69, 9.17) is 10.2 Å². The van der Waals surface area contributed by atoms with Gasteiger partial charge in [0.05, 0.1) is 0 Å². The molecule has 1 heterocycles. The van der Waals surface area contributed by atoms with Gasteiger partial charge in [-0.15, -0.1) is 0 Å². The van der Waals surface area contributed by atoms with Crippen LogP contribution in [0.5, 0.6) is 0 Å². The van der Waals surface area contributed by atoms with Crippen LogP contribution in [0.1, 0.15) is 36.1 Å². The van der Waals surface area contributed by atoms with Gasteiger partial charge in [-0.1, -0.05) is 6.92 Å². The average Bonchev–Trinajstić information content (AvgIpc) is 3.06. The van der Waals surface area contributed by atoms with Gasteiger partial charge in [0.2, 0.25) is 0 Å². The van der Waals surface area contributed by atoms with Crippen LogP contribution < -0.4 is 5.73 Å². The van der Waals surface area contributed by atoms with Crippen molar-refractivity contribution in [2.45, 2.75) is 32.2 Å². The van der Waals surface area contributed by atoms with Gasteiger partial charge in [-0.2, -0.15) is 0 Å². The molecule has 4 nitrogen and oxygen atoms in total. The Morgan fingerprint density at radius 3 is 2.76 bits per heavy atom. The predicted molar refractivity (Wildman–Crippen MR) is 65.7 cm³/mol. The highest BCUT2D eigenvalue weighted by molar-refractivity contribution is 5.91. The number of nitrogens with two attached hydrogens (primary N) is 1. The first kappa shape index (κ1) is 12.2. The molecule has 1 amide bonds. The molecule has 1 saturated carbocycles. The number of furan rings is 1. The Balaban J connectivity index is 2.07. The van der Waals surface area contributed by atoms with E-state index in [0.29, 0.717) is 18.2 Å². The smallest absolute Gasteiger partial charge is 0.289 e. The van der Waals surface area contributed by atoms with E-state index in [0.717, 1.165) is 12.2 Å². The van der Waals surface area contributed by atoms with Gasteiger partial charge in [-0.3, -0.25) is 4.79 Å². The highest BCUT2D eigenvalue weighted by atomic mass is 16.4. The first-order chi connectivity index (χ1) is 8.17. The molecule has 1 aromatic rings. The molecule has 1 atom stereocenters. The quantitative estimate of drug-likeness (QED) is 0.845. The normalized spacial score (nSPS) is 16.9. The maximum Gasteiger partial charge on any atom is 0.289 e. The highest BCUT2D eigenvalue weighted by Gasteiger charge is 2.35. The van der Waals surface area contributed by atoms with Gasteiger partial charge in [0.1, 0.15) is 5.76 Å². The number of carbonyl (C=O) groups excluding carboxylic acids is 1. The number of nitrogens with zero attached hydrogens (tertiary/aromatic N) is 1. The van der Waals surface area contributed by atoms with Gasteiger partial charge < -0.3 is 15.1 Å². The number of amides is 1. The molecule has 1 aliphatic carbocycles. The van der Waals surface area contributed by atoms with E-state index in [-0.39, 0.29) is 11.9 Å². The van der Waals surface area contributed by atoms with E-state index < -0.39 is 0 Å². The SMILES string of the molecule is CCc1ccc(C(=O)N(C)C(CN)C2CC2)o1. The number of rotatable bonds is 5. The van der Waals surface area contributed by atoms with Crippen molar-refractivity contribution in [2.24, 2.45) is 11.7 Å². The lowest BCUT2D eigenvalue weighted by molar-refractivity contribution is 0.0684. The summed E-state index contributed by atoms with van der Waals surface area (Å²) in [4.78, 5) is 13.9. The van der Waals surface area contributed by atoms with Crippen molar-refractivity contribution in [3.63, 3.8) is 0 Å². The maximum atomic E-state index is 12.2. The molecule has 0 aliphatic heterocycles. The van der Waals surface area contributed by atoms with Crippen LogP contribution in [0, 0.1) is 5.92 Å². The molecular weight excluding hydrogens is 216 g/mol. The maximum absolute atomic E-state index is 12.2. The lowest BCUT2D eigenvalue weighted by atomic mass is 10.1. The van der Waals surface area contributed by atoms with Crippen molar-refractivity contribution < 1.29 is 9.21 Å². The van der Waals surface area contributed by atoms with Gasteiger partial charge in [-0.05, 0) is 30.9 Å². The molecule has 1 aliphatic rings. The lowest BCUT2D eigenvalue weighted by Gasteiger charge is -2.26. The molecule has 94 valence electrons. The second-order valence-electron chi connectivity index (χ2n) is 4.68. The third kappa shape index (κ3) is 2.52. The Bertz CT molecular complexity index is 396. The van der Waals surface area contributed by atoms with Gasteiger partial charge in [0.15, 0.2) is 5.76 Å². The molecule has 17 heavy (non-hydrogen) atoms. The van der Waals surface area contributed by atoms with Crippen LogP contribution in [0.25, 0.3) is 0 Å². The van der Waals surface area contributed by atoms with E-state index in [1.807, 2.05) is 20.0 Å². The highest BCUT2D eigenvalue weighted by Crippen LogP contribution is 2.35. The third-order valence-electron chi connectivity index (χ3n) is 3.45. The van der Waals surface area contributed by atoms with E-state index in [1.165, 1.54) is 12.8 Å². The summed E-state index contributed by atoms with van der Waals surface area (Å²) in [5, 5.41) is 0. The van der Waals surface area contributed by atoms with E-state index in [2.05, 4.69) is 0 Å². The Kier molecular flexibility index (Phi) is 3.52. The van der Waals surface area contributed by atoms with Crippen molar-refractivity contribution in [1.29, 1.82) is 0 Å². The Morgan fingerprint density at radius 2 is 2.29 bits per heavy atom. The molecule has 0 saturated heterocycles. The van der Waals surface area contributed by atoms with E-state index >= 15 is 0 Å². The molecule has 1 unspecified atom stereocenters. The number of carbonyl (C=O) groups is 1. The second kappa shape index (κ2) is 4.92. The fraction of sp³-hybridized carbons (Fsp3) is 0.615. The number of hydrogen-bond acceptors (Lipinski definition) is 3. The summed E-state index contributed by atoms with van der Waals surface area (Å²) >= 11 is 0. The van der Waals surface area contributed by atoms with Crippen LogP contribution in [-0.2, 0) is 6.42 Å². The van der Waals surface area contributed by atoms with Crippen molar-refractivity contribution >= 4 is 5.91 Å². The van der Waals surface area contributed by atoms with Crippen LogP contribution >= 0.6 is 0 Å². The van der Waals surface area contributed by atoms with Crippen LogP contribution in [0.15, 0.2) is 16.5 Å². The first-order valence-corrected chi connectivity index (χ1v) is 6.23. The number of hydrogen-bond donors (Lipinski definition) is 1. The summed E-state index contributed by atoms with van der Waals surface area (Å²) < 4.78 is 5.48. The molecule has 0 aromatic carbocycles. The fourth-order valence-electron chi connectivity index (χ4n) is 2.16. The lowest BCUT2D eigenvalue weighted by Crippen LogP contribution is -2.43. The summed E-state index contributed by atoms with van der Waals surface area (Å²) in [5.74, 6) is 1.78. The third-order valence-corrected chi connectivity index (χ3v) is 3.45. The van der Waals surface area contributed by atoms with E-state index in [1.54, 1.807) is 11.0 Å². The Labute approximate surface area is 102 Å². The van der Waals surface area contributed by atoms with Gasteiger partial charge >= 0.3 is 0 Å². The monoisotopic (exact) mass is 236 g/mol. The molecule has 4 heteroatoms. The van der Waals surface area contributed by atoms with Crippen LogP contribution in [-0.4, -0.2) is 30.4 Å². The summed E-state index contributed by atoms with van der Waals surface area (Å²) in [6.45, 7) is 2.53. The average molecular weight is 236 g/mol. The second-order valence-corrected chi connectivity index (χ2v) is 4.68. The molecule has 1 aromatic heterocycles. The number of aryl methyl sites for hydroxylation is 1. The fourth-order valence-corrected chi connectivity index (χ4v) is 2.16. The molecule has 0 spiro atoms. The zero-order valence-corrected chi connectivity index (χ0v) is 10.5. The summed E-state index contributed by atoms with van der Waals surface area (Å²) in [6, 6.07) is 3.76. The van der Waals surface area contributed by atoms with Gasteiger partial charge in [-0.25, -0.2) is 0 Å². The molecule has 2 N–H and O–H groups in total. The molecular formula is C13H20N2O2. The van der Waals surface area contributed by atoms with Crippen LogP contribution in [0.2, 0.25) is 0 Å². The van der Waals surface area contributed by atoms with Crippen LogP contribution in [0.4, 0.5) is 0 Å². The minimum absolute atomic E-state index is 0.0629. The van der Waals surface area contributed by atoms with E-state index in [9.17, 15) is 4.79 Å². The topological polar surface area (TPSA) is 59.5 Å². The standard InChI is InChI=1S/C13H20N2O2/c1-3-10-6-7-12(17-10)13(16)15(2)11(8-14)9-4-5-9/h6-7,9,11H,3-5,8,14H2,1-2H3. The molecule has 0 bridgehead atoms. The minimum atomic E-state index is -0.0629. The zero-order valence-electron chi connectivity index (χ0n) is 10.5. The van der Waals surface area contributed by atoms with Crippen molar-refractivity contribution in [1.82, 2.24) is 4.90 Å². The Hall–Kier alpha value is -1.29. The van der Waals surface area contributed by atoms with Gasteiger partial charge in [0.25, 0.3) is 5.91 Å². The van der Waals surface area contributed by atoms with Crippen LogP contribution in [0.3, 0.4) is 0 Å². The molecule has 0 radical (unpaired) electrons. The van der Waals surface area contributed by atoms with Crippen molar-refractivity contribution in [3.8, 4) is 0 Å². The minimum Gasteiger partial charge on any atom is -0.456 e. The molecule has 2 rings (SSSR count). The zero-order chi connectivity index (χ0) is 12.4. The summed E-state index contributed by atoms with van der Waals surface area (Å²) in [5.41, 5.74) is 5.74. The predicted octanol–water partition coefficient (Wildman–Crippen LogP) is 1.65. The Morgan fingerprint density at radius 1 is 1.59 bits per heavy atom. The first-order valence-electron chi connectivity index (χ1n) is 6.23. The molecule has 1 fully saturated rings. The van der Waals surface area contributed by atoms with Gasteiger partial charge in [0, 0.05) is 26.1 Å². The number of likely N-dealkylation sites (N-methyl/N-ethyl adjacent to an activating group) is 1. The largest absolute Gasteiger partial charge is 0.456 e. The summed E-state index contributed by atoms with van der Waals surface area (Å²) in [7, 11) is 1.81. The van der Waals surface area contributed by atoms with Crippen molar-refractivity contribution in [2.75, 3.05) is 13.6 Å². The van der Waals surface area contributed by atoms with Crippen molar-refractivity contribution in [3.05, 3.63) is 23.7 Å².